The molecule has 1 rings (SSSR count). The average molecular weight is 272 g/mol. The van der Waals surface area contributed by atoms with Gasteiger partial charge in [0.15, 0.2) is 0 Å². The molecule has 0 aromatic heterocycles. The van der Waals surface area contributed by atoms with Crippen molar-refractivity contribution in [2.45, 2.75) is 13.0 Å². The number of nitrogens with zero attached hydrogens (tertiary/aromatic N) is 1. The maximum absolute atomic E-state index is 11.7. The van der Waals surface area contributed by atoms with E-state index in [9.17, 15) is 13.2 Å². The van der Waals surface area contributed by atoms with Gasteiger partial charge in [-0.25, -0.2) is 13.1 Å². The predicted molar refractivity (Wildman–Crippen MR) is 64.1 cm³/mol. The highest BCUT2D eigenvalue weighted by Gasteiger charge is 2.26. The molecule has 1 heterocycles. The summed E-state index contributed by atoms with van der Waals surface area (Å²) in [5.74, 6) is -0.799. The molecule has 16 heavy (non-hydrogen) atoms. The number of nitrogens with one attached hydrogen (secondary N) is 2. The summed E-state index contributed by atoms with van der Waals surface area (Å²) in [6.45, 7) is 3.90. The van der Waals surface area contributed by atoms with E-state index in [0.29, 0.717) is 13.1 Å². The molecular formula is C8H18ClN3O3S. The lowest BCUT2D eigenvalue weighted by Gasteiger charge is -2.33. The van der Waals surface area contributed by atoms with Gasteiger partial charge in [0, 0.05) is 25.7 Å². The van der Waals surface area contributed by atoms with E-state index in [2.05, 4.69) is 10.0 Å². The molecule has 2 N–H and O–H groups in total. The Labute approximate surface area is 102 Å². The summed E-state index contributed by atoms with van der Waals surface area (Å²) < 4.78 is 24.5. The molecule has 8 heteroatoms. The first-order valence-electron chi connectivity index (χ1n) is 4.87. The fraction of sp³-hybridized carbons (Fsp3) is 0.875. The van der Waals surface area contributed by atoms with Gasteiger partial charge in [0.2, 0.25) is 15.9 Å². The van der Waals surface area contributed by atoms with Crippen molar-refractivity contribution in [2.75, 3.05) is 32.4 Å². The standard InChI is InChI=1S/C8H17N3O3S.ClH/c1-7-5-10-3-4-11(7)8(12)6-15(13,14)9-2;/h7,9-10H,3-6H2,1-2H3;1H/t7-;/m1./s1. The first kappa shape index (κ1) is 15.6. The smallest absolute Gasteiger partial charge is 0.239 e. The summed E-state index contributed by atoms with van der Waals surface area (Å²) in [4.78, 5) is 13.3. The molecular weight excluding hydrogens is 254 g/mol. The van der Waals surface area contributed by atoms with Gasteiger partial charge in [-0.3, -0.25) is 4.79 Å². The van der Waals surface area contributed by atoms with Crippen molar-refractivity contribution in [2.24, 2.45) is 0 Å². The van der Waals surface area contributed by atoms with Gasteiger partial charge in [-0.2, -0.15) is 0 Å². The maximum Gasteiger partial charge on any atom is 0.239 e. The van der Waals surface area contributed by atoms with Crippen molar-refractivity contribution in [1.82, 2.24) is 14.9 Å². The SMILES string of the molecule is CNS(=O)(=O)CC(=O)N1CCNC[C@H]1C.Cl. The third-order valence-corrected chi connectivity index (χ3v) is 3.70. The van der Waals surface area contributed by atoms with Gasteiger partial charge in [0.25, 0.3) is 0 Å². The van der Waals surface area contributed by atoms with Crippen molar-refractivity contribution < 1.29 is 13.2 Å². The first-order chi connectivity index (χ1) is 6.96. The number of carbonyl (C=O) groups excluding carboxylic acids is 1. The number of piperazine rings is 1. The highest BCUT2D eigenvalue weighted by atomic mass is 35.5. The second-order valence-corrected chi connectivity index (χ2v) is 5.53. The number of carbonyl (C=O) groups is 1. The van der Waals surface area contributed by atoms with Gasteiger partial charge in [-0.05, 0) is 14.0 Å². The van der Waals surface area contributed by atoms with Crippen LogP contribution in [0.1, 0.15) is 6.92 Å². The summed E-state index contributed by atoms with van der Waals surface area (Å²) >= 11 is 0. The first-order valence-corrected chi connectivity index (χ1v) is 6.53. The molecule has 0 radical (unpaired) electrons. The molecule has 0 aliphatic carbocycles. The van der Waals surface area contributed by atoms with Crippen molar-refractivity contribution in [3.05, 3.63) is 0 Å². The topological polar surface area (TPSA) is 78.5 Å². The van der Waals surface area contributed by atoms with Crippen LogP contribution in [0, 0.1) is 0 Å². The minimum absolute atomic E-state index is 0. The van der Waals surface area contributed by atoms with Gasteiger partial charge < -0.3 is 10.2 Å². The molecule has 0 aromatic carbocycles. The second-order valence-electron chi connectivity index (χ2n) is 3.60. The zero-order chi connectivity index (χ0) is 11.5. The van der Waals surface area contributed by atoms with Crippen LogP contribution in [0.25, 0.3) is 0 Å². The third-order valence-electron chi connectivity index (χ3n) is 2.45. The fourth-order valence-electron chi connectivity index (χ4n) is 1.53. The number of halogens is 1. The molecule has 1 fully saturated rings. The lowest BCUT2D eigenvalue weighted by atomic mass is 10.2. The molecule has 0 unspecified atom stereocenters. The molecule has 6 nitrogen and oxygen atoms in total. The van der Waals surface area contributed by atoms with Gasteiger partial charge in [0.1, 0.15) is 5.75 Å². The highest BCUT2D eigenvalue weighted by Crippen LogP contribution is 2.03. The van der Waals surface area contributed by atoms with E-state index in [-0.39, 0.29) is 24.4 Å². The van der Waals surface area contributed by atoms with Crippen LogP contribution in [-0.2, 0) is 14.8 Å². The number of rotatable bonds is 3. The van der Waals surface area contributed by atoms with E-state index in [4.69, 9.17) is 0 Å². The van der Waals surface area contributed by atoms with E-state index < -0.39 is 15.8 Å². The fourth-order valence-corrected chi connectivity index (χ4v) is 2.16. The van der Waals surface area contributed by atoms with Crippen LogP contribution in [-0.4, -0.2) is 57.7 Å². The molecule has 1 atom stereocenters. The number of hydrogen-bond donors (Lipinski definition) is 2. The zero-order valence-electron chi connectivity index (χ0n) is 9.39. The average Bonchev–Trinajstić information content (AvgIpc) is 2.17. The minimum atomic E-state index is -3.45. The summed E-state index contributed by atoms with van der Waals surface area (Å²) in [6.07, 6.45) is 0. The molecule has 1 aliphatic rings. The van der Waals surface area contributed by atoms with Crippen LogP contribution in [0.15, 0.2) is 0 Å². The molecule has 96 valence electrons. The molecule has 1 aliphatic heterocycles. The van der Waals surface area contributed by atoms with Gasteiger partial charge in [-0.1, -0.05) is 0 Å². The van der Waals surface area contributed by atoms with Crippen LogP contribution >= 0.6 is 12.4 Å². The van der Waals surface area contributed by atoms with Crippen molar-refractivity contribution in [1.29, 1.82) is 0 Å². The number of hydrogen-bond acceptors (Lipinski definition) is 4. The van der Waals surface area contributed by atoms with Gasteiger partial charge in [0.05, 0.1) is 0 Å². The minimum Gasteiger partial charge on any atom is -0.337 e. The molecule has 1 amide bonds. The Hall–Kier alpha value is -0.370. The summed E-state index contributed by atoms with van der Waals surface area (Å²) in [7, 11) is -2.14. The van der Waals surface area contributed by atoms with Crippen molar-refractivity contribution in [3.63, 3.8) is 0 Å². The Morgan fingerprint density at radius 2 is 2.19 bits per heavy atom. The van der Waals surface area contributed by atoms with Gasteiger partial charge >= 0.3 is 0 Å². The van der Waals surface area contributed by atoms with E-state index in [1.807, 2.05) is 6.92 Å². The Morgan fingerprint density at radius 3 is 2.69 bits per heavy atom. The summed E-state index contributed by atoms with van der Waals surface area (Å²) in [6, 6.07) is 0.0540. The Morgan fingerprint density at radius 1 is 1.56 bits per heavy atom. The number of amides is 1. The van der Waals surface area contributed by atoms with Crippen LogP contribution < -0.4 is 10.0 Å². The van der Waals surface area contributed by atoms with Crippen LogP contribution in [0.2, 0.25) is 0 Å². The lowest BCUT2D eigenvalue weighted by Crippen LogP contribution is -2.54. The monoisotopic (exact) mass is 271 g/mol. The normalized spacial score (nSPS) is 21.4. The molecule has 0 aromatic rings. The van der Waals surface area contributed by atoms with Crippen molar-refractivity contribution in [3.8, 4) is 0 Å². The van der Waals surface area contributed by atoms with Crippen LogP contribution in [0.5, 0.6) is 0 Å². The van der Waals surface area contributed by atoms with E-state index in [1.165, 1.54) is 7.05 Å². The quantitative estimate of drug-likeness (QED) is 0.674. The zero-order valence-corrected chi connectivity index (χ0v) is 11.0. The summed E-state index contributed by atoms with van der Waals surface area (Å²) in [5.41, 5.74) is 0. The van der Waals surface area contributed by atoms with Crippen LogP contribution in [0.4, 0.5) is 0 Å². The second kappa shape index (κ2) is 6.39. The van der Waals surface area contributed by atoms with Crippen molar-refractivity contribution >= 4 is 28.3 Å². The number of sulfonamides is 1. The van der Waals surface area contributed by atoms with E-state index >= 15 is 0 Å². The molecule has 0 spiro atoms. The Bertz CT molecular complexity index is 333. The Balaban J connectivity index is 0.00000225. The third kappa shape index (κ3) is 4.25. The van der Waals surface area contributed by atoms with E-state index in [0.717, 1.165) is 6.54 Å². The summed E-state index contributed by atoms with van der Waals surface area (Å²) in [5, 5.41) is 3.14. The largest absolute Gasteiger partial charge is 0.337 e. The molecule has 1 saturated heterocycles. The molecule has 0 bridgehead atoms. The van der Waals surface area contributed by atoms with E-state index in [1.54, 1.807) is 4.90 Å². The maximum atomic E-state index is 11.7. The predicted octanol–water partition coefficient (Wildman–Crippen LogP) is -1.22. The van der Waals surface area contributed by atoms with Crippen LogP contribution in [0.3, 0.4) is 0 Å². The lowest BCUT2D eigenvalue weighted by molar-refractivity contribution is -0.131. The highest BCUT2D eigenvalue weighted by molar-refractivity contribution is 7.90. The molecule has 0 saturated carbocycles. The van der Waals surface area contributed by atoms with Gasteiger partial charge in [-0.15, -0.1) is 12.4 Å². The Kier molecular flexibility index (Phi) is 6.24.